The molecule has 1 aliphatic heterocycles. The number of hydrogen-bond donors (Lipinski definition) is 1. The topological polar surface area (TPSA) is 111 Å². The standard InChI is InChI=1S/C21H20N2O7/c1-23-20(26)15-7-5-13(9-16(15)21(23)27)22-18(24)11-30-19(25)8-12-4-6-14(28-2)10-17(12)29-3/h4-7,9-10H,8,11H2,1-3H3,(H,22,24). The van der Waals surface area contributed by atoms with Crippen molar-refractivity contribution in [1.29, 1.82) is 0 Å². The minimum absolute atomic E-state index is 0.0811. The number of benzene rings is 2. The number of fused-ring (bicyclic) bond motifs is 1. The van der Waals surface area contributed by atoms with Crippen molar-refractivity contribution in [3.8, 4) is 11.5 Å². The van der Waals surface area contributed by atoms with Gasteiger partial charge < -0.3 is 19.5 Å². The van der Waals surface area contributed by atoms with E-state index in [4.69, 9.17) is 14.2 Å². The van der Waals surface area contributed by atoms with Gasteiger partial charge in [0.2, 0.25) is 0 Å². The zero-order chi connectivity index (χ0) is 21.8. The molecule has 0 saturated carbocycles. The molecule has 1 aliphatic rings. The van der Waals surface area contributed by atoms with Gasteiger partial charge in [0, 0.05) is 24.4 Å². The number of imide groups is 1. The first kappa shape index (κ1) is 20.8. The molecule has 9 nitrogen and oxygen atoms in total. The molecule has 2 aromatic carbocycles. The van der Waals surface area contributed by atoms with Crippen LogP contribution in [0.1, 0.15) is 26.3 Å². The molecule has 0 aromatic heterocycles. The maximum Gasteiger partial charge on any atom is 0.310 e. The maximum atomic E-state index is 12.1. The molecule has 1 heterocycles. The third kappa shape index (κ3) is 4.24. The van der Waals surface area contributed by atoms with Crippen molar-refractivity contribution in [2.75, 3.05) is 33.2 Å². The smallest absolute Gasteiger partial charge is 0.310 e. The number of nitrogens with zero attached hydrogens (tertiary/aromatic N) is 1. The zero-order valence-electron chi connectivity index (χ0n) is 16.7. The Morgan fingerprint density at radius 2 is 1.70 bits per heavy atom. The van der Waals surface area contributed by atoms with Crippen LogP contribution in [0, 0.1) is 0 Å². The maximum absolute atomic E-state index is 12.1. The SMILES string of the molecule is COc1ccc(CC(=O)OCC(=O)Nc2ccc3c(c2)C(=O)N(C)C3=O)c(OC)c1. The molecular weight excluding hydrogens is 392 g/mol. The molecule has 0 aliphatic carbocycles. The van der Waals surface area contributed by atoms with Crippen LogP contribution in [-0.2, 0) is 20.7 Å². The second-order valence-electron chi connectivity index (χ2n) is 6.49. The van der Waals surface area contributed by atoms with E-state index in [1.54, 1.807) is 18.2 Å². The Hall–Kier alpha value is -3.88. The number of carbonyl (C=O) groups excluding carboxylic acids is 4. The average Bonchev–Trinajstić information content (AvgIpc) is 2.96. The van der Waals surface area contributed by atoms with Crippen LogP contribution >= 0.6 is 0 Å². The molecule has 0 fully saturated rings. The molecule has 30 heavy (non-hydrogen) atoms. The lowest BCUT2D eigenvalue weighted by Crippen LogP contribution is -2.24. The van der Waals surface area contributed by atoms with Crippen LogP contribution in [0.2, 0.25) is 0 Å². The number of anilines is 1. The first-order valence-corrected chi connectivity index (χ1v) is 8.97. The summed E-state index contributed by atoms with van der Waals surface area (Å²) in [4.78, 5) is 49.1. The highest BCUT2D eigenvalue weighted by atomic mass is 16.5. The fraction of sp³-hybridized carbons (Fsp3) is 0.238. The quantitative estimate of drug-likeness (QED) is 0.544. The fourth-order valence-electron chi connectivity index (χ4n) is 2.99. The van der Waals surface area contributed by atoms with E-state index in [0.717, 1.165) is 4.90 Å². The second-order valence-corrected chi connectivity index (χ2v) is 6.49. The van der Waals surface area contributed by atoms with Crippen molar-refractivity contribution in [3.63, 3.8) is 0 Å². The van der Waals surface area contributed by atoms with Gasteiger partial charge in [0.1, 0.15) is 11.5 Å². The number of esters is 1. The van der Waals surface area contributed by atoms with Gasteiger partial charge >= 0.3 is 5.97 Å². The van der Waals surface area contributed by atoms with Crippen LogP contribution in [-0.4, -0.2) is 56.5 Å². The summed E-state index contributed by atoms with van der Waals surface area (Å²) in [6.45, 7) is -0.499. The van der Waals surface area contributed by atoms with Crippen LogP contribution in [0.3, 0.4) is 0 Å². The summed E-state index contributed by atoms with van der Waals surface area (Å²) in [5.41, 5.74) is 1.40. The molecule has 9 heteroatoms. The summed E-state index contributed by atoms with van der Waals surface area (Å²) >= 11 is 0. The van der Waals surface area contributed by atoms with Crippen molar-refractivity contribution in [2.45, 2.75) is 6.42 Å². The normalized spacial score (nSPS) is 12.4. The first-order chi connectivity index (χ1) is 14.3. The number of amides is 3. The number of rotatable bonds is 7. The Morgan fingerprint density at radius 1 is 0.967 bits per heavy atom. The van der Waals surface area contributed by atoms with Crippen molar-refractivity contribution in [3.05, 3.63) is 53.1 Å². The van der Waals surface area contributed by atoms with Gasteiger partial charge in [-0.3, -0.25) is 24.1 Å². The molecule has 1 N–H and O–H groups in total. The molecule has 0 bridgehead atoms. The van der Waals surface area contributed by atoms with E-state index < -0.39 is 30.3 Å². The Bertz CT molecular complexity index is 1030. The van der Waals surface area contributed by atoms with Crippen LogP contribution in [0.15, 0.2) is 36.4 Å². The van der Waals surface area contributed by atoms with Crippen molar-refractivity contribution < 1.29 is 33.4 Å². The molecule has 0 spiro atoms. The highest BCUT2D eigenvalue weighted by Crippen LogP contribution is 2.26. The number of nitrogens with one attached hydrogen (secondary N) is 1. The second kappa shape index (κ2) is 8.64. The number of carbonyl (C=O) groups is 4. The largest absolute Gasteiger partial charge is 0.497 e. The Morgan fingerprint density at radius 3 is 2.40 bits per heavy atom. The van der Waals surface area contributed by atoms with Crippen LogP contribution in [0.5, 0.6) is 11.5 Å². The lowest BCUT2D eigenvalue weighted by Gasteiger charge is -2.10. The van der Waals surface area contributed by atoms with Gasteiger partial charge in [-0.25, -0.2) is 0 Å². The van der Waals surface area contributed by atoms with Crippen molar-refractivity contribution >= 4 is 29.4 Å². The molecule has 3 amide bonds. The summed E-state index contributed by atoms with van der Waals surface area (Å²) in [6.07, 6.45) is -0.0811. The number of ether oxygens (including phenoxy) is 3. The minimum atomic E-state index is -0.607. The van der Waals surface area contributed by atoms with E-state index in [2.05, 4.69) is 5.32 Å². The van der Waals surface area contributed by atoms with Gasteiger partial charge in [-0.05, 0) is 24.3 Å². The summed E-state index contributed by atoms with van der Waals surface area (Å²) in [6, 6.07) is 9.41. The highest BCUT2D eigenvalue weighted by molar-refractivity contribution is 6.21. The molecule has 0 radical (unpaired) electrons. The summed E-state index contributed by atoms with van der Waals surface area (Å²) in [5, 5.41) is 2.54. The Balaban J connectivity index is 1.56. The van der Waals surface area contributed by atoms with Crippen molar-refractivity contribution in [2.24, 2.45) is 0 Å². The monoisotopic (exact) mass is 412 g/mol. The van der Waals surface area contributed by atoms with Crippen LogP contribution in [0.4, 0.5) is 5.69 Å². The van der Waals surface area contributed by atoms with Gasteiger partial charge in [0.05, 0.1) is 31.8 Å². The highest BCUT2D eigenvalue weighted by Gasteiger charge is 2.32. The lowest BCUT2D eigenvalue weighted by atomic mass is 10.1. The first-order valence-electron chi connectivity index (χ1n) is 8.97. The van der Waals surface area contributed by atoms with Gasteiger partial charge in [-0.1, -0.05) is 6.07 Å². The van der Waals surface area contributed by atoms with Gasteiger partial charge in [-0.2, -0.15) is 0 Å². The molecule has 156 valence electrons. The Labute approximate surface area is 172 Å². The van der Waals surface area contributed by atoms with Crippen LogP contribution < -0.4 is 14.8 Å². The zero-order valence-corrected chi connectivity index (χ0v) is 16.7. The summed E-state index contributed by atoms with van der Waals surface area (Å²) in [5.74, 6) is -0.955. The van der Waals surface area contributed by atoms with Gasteiger partial charge in [-0.15, -0.1) is 0 Å². The van der Waals surface area contributed by atoms with Gasteiger partial charge in [0.25, 0.3) is 17.7 Å². The molecule has 0 unspecified atom stereocenters. The predicted octanol–water partition coefficient (Wildman–Crippen LogP) is 1.65. The minimum Gasteiger partial charge on any atom is -0.497 e. The van der Waals surface area contributed by atoms with E-state index in [9.17, 15) is 19.2 Å². The Kier molecular flexibility index (Phi) is 6.01. The van der Waals surface area contributed by atoms with E-state index in [0.29, 0.717) is 22.7 Å². The fourth-order valence-corrected chi connectivity index (χ4v) is 2.99. The summed E-state index contributed by atoms with van der Waals surface area (Å²) in [7, 11) is 4.39. The summed E-state index contributed by atoms with van der Waals surface area (Å²) < 4.78 is 15.4. The van der Waals surface area contributed by atoms with E-state index in [1.807, 2.05) is 0 Å². The van der Waals surface area contributed by atoms with E-state index >= 15 is 0 Å². The third-order valence-corrected chi connectivity index (χ3v) is 4.57. The molecule has 0 atom stereocenters. The molecule has 0 saturated heterocycles. The third-order valence-electron chi connectivity index (χ3n) is 4.57. The van der Waals surface area contributed by atoms with E-state index in [-0.39, 0.29) is 17.5 Å². The van der Waals surface area contributed by atoms with Gasteiger partial charge in [0.15, 0.2) is 6.61 Å². The van der Waals surface area contributed by atoms with E-state index in [1.165, 1.54) is 39.5 Å². The molecule has 3 rings (SSSR count). The number of methoxy groups -OCH3 is 2. The predicted molar refractivity (Wildman–Crippen MR) is 106 cm³/mol. The molecular formula is C21H20N2O7. The lowest BCUT2D eigenvalue weighted by molar-refractivity contribution is -0.146. The molecule has 2 aromatic rings. The number of hydrogen-bond acceptors (Lipinski definition) is 7. The van der Waals surface area contributed by atoms with Crippen LogP contribution in [0.25, 0.3) is 0 Å². The average molecular weight is 412 g/mol. The van der Waals surface area contributed by atoms with Crippen molar-refractivity contribution in [1.82, 2.24) is 4.90 Å².